The van der Waals surface area contributed by atoms with Crippen LogP contribution in [0, 0.1) is 0 Å². The van der Waals surface area contributed by atoms with Crippen LogP contribution in [0.15, 0.2) is 48.5 Å². The fraction of sp³-hybridized carbons (Fsp3) is 0.368. The number of rotatable bonds is 0. The van der Waals surface area contributed by atoms with E-state index in [-0.39, 0.29) is 0 Å². The first-order valence-corrected chi connectivity index (χ1v) is 11.6. The van der Waals surface area contributed by atoms with Crippen LogP contribution in [0.3, 0.4) is 0 Å². The number of alkyl halides is 12. The first-order chi connectivity index (χ1) is 15.2. The summed E-state index contributed by atoms with van der Waals surface area (Å²) >= 11 is 0. The van der Waals surface area contributed by atoms with Gasteiger partial charge in [0.1, 0.15) is 0 Å². The summed E-state index contributed by atoms with van der Waals surface area (Å²) in [5.41, 5.74) is -13.9. The summed E-state index contributed by atoms with van der Waals surface area (Å²) in [5, 5.41) is -2.35. The van der Waals surface area contributed by atoms with Crippen LogP contribution in [0.2, 0.25) is 0 Å². The van der Waals surface area contributed by atoms with E-state index in [9.17, 15) is 52.7 Å². The Morgan fingerprint density at radius 3 is 1.06 bits per heavy atom. The second-order valence-corrected chi connectivity index (χ2v) is 12.0. The van der Waals surface area contributed by atoms with Crippen LogP contribution in [-0.4, -0.2) is 31.4 Å². The minimum absolute atomic E-state index is 0.300. The van der Waals surface area contributed by atoms with E-state index in [1.54, 1.807) is 0 Å². The molecule has 2 aromatic carbocycles. The molecule has 1 spiro atoms. The summed E-state index contributed by atoms with van der Waals surface area (Å²) in [4.78, 5) is 0. The molecular formula is C19H11F12O2P. The van der Waals surface area contributed by atoms with Gasteiger partial charge in [-0.25, -0.2) is 0 Å². The number of halogens is 12. The molecule has 0 atom stereocenters. The Morgan fingerprint density at radius 2 is 0.794 bits per heavy atom. The summed E-state index contributed by atoms with van der Waals surface area (Å²) in [6.07, 6.45) is -25.3. The van der Waals surface area contributed by atoms with Gasteiger partial charge in [0.25, 0.3) is 0 Å². The van der Waals surface area contributed by atoms with Gasteiger partial charge in [-0.1, -0.05) is 0 Å². The van der Waals surface area contributed by atoms with Crippen molar-refractivity contribution in [2.45, 2.75) is 35.9 Å². The molecule has 0 bridgehead atoms. The Balaban J connectivity index is 2.22. The van der Waals surface area contributed by atoms with Crippen molar-refractivity contribution in [2.24, 2.45) is 0 Å². The molecule has 0 amide bonds. The summed E-state index contributed by atoms with van der Waals surface area (Å²) < 4.78 is 179. The fourth-order valence-electron chi connectivity index (χ4n) is 4.69. The molecule has 15 heteroatoms. The molecule has 2 heterocycles. The van der Waals surface area contributed by atoms with E-state index in [1.807, 2.05) is 0 Å². The number of fused-ring (bicyclic) bond motifs is 4. The zero-order chi connectivity index (χ0) is 25.8. The molecule has 0 fully saturated rings. The van der Waals surface area contributed by atoms with E-state index in [2.05, 4.69) is 9.05 Å². The van der Waals surface area contributed by atoms with Crippen molar-refractivity contribution in [1.82, 2.24) is 0 Å². The third kappa shape index (κ3) is 2.62. The Kier molecular flexibility index (Phi) is 4.70. The van der Waals surface area contributed by atoms with E-state index in [1.165, 1.54) is 0 Å². The Morgan fingerprint density at radius 1 is 0.529 bits per heavy atom. The van der Waals surface area contributed by atoms with Gasteiger partial charge in [0.05, 0.1) is 0 Å². The van der Waals surface area contributed by atoms with Crippen LogP contribution in [0.4, 0.5) is 52.7 Å². The number of benzene rings is 2. The van der Waals surface area contributed by atoms with Crippen molar-refractivity contribution >= 4 is 17.7 Å². The summed E-state index contributed by atoms with van der Waals surface area (Å²) in [6, 6.07) is 4.92. The first kappa shape index (κ1) is 25.1. The van der Waals surface area contributed by atoms with Crippen molar-refractivity contribution in [2.75, 3.05) is 6.66 Å². The molecule has 0 N–H and O–H groups in total. The normalized spacial score (nSPS) is 23.7. The summed E-state index contributed by atoms with van der Waals surface area (Å²) in [6.45, 7) is 0.335. The molecule has 2 aliphatic heterocycles. The standard InChI is InChI=1S/C19H11F12O2P/c1-34(12-8-4-2-6-10(12)14(32-34,16(20,21)22)17(23,24)25)13-9-5-3-7-11(13)15(33-34,18(26,27)28)19(29,30)31/h2-9H,1H3. The Bertz CT molecular complexity index is 1040. The molecular weight excluding hydrogens is 519 g/mol. The van der Waals surface area contributed by atoms with Crippen molar-refractivity contribution < 1.29 is 61.7 Å². The maximum absolute atomic E-state index is 14.1. The number of hydrogen-bond donors (Lipinski definition) is 0. The van der Waals surface area contributed by atoms with Crippen molar-refractivity contribution in [3.63, 3.8) is 0 Å². The third-order valence-corrected chi connectivity index (χ3v) is 10.4. The molecule has 2 aromatic rings. The molecule has 188 valence electrons. The van der Waals surface area contributed by atoms with Gasteiger partial charge in [0.15, 0.2) is 0 Å². The van der Waals surface area contributed by atoms with Gasteiger partial charge in [-0.15, -0.1) is 0 Å². The molecule has 0 saturated heterocycles. The zero-order valence-corrected chi connectivity index (χ0v) is 17.3. The van der Waals surface area contributed by atoms with Gasteiger partial charge in [0, 0.05) is 0 Å². The van der Waals surface area contributed by atoms with E-state index in [4.69, 9.17) is 0 Å². The quantitative estimate of drug-likeness (QED) is 0.292. The van der Waals surface area contributed by atoms with Crippen molar-refractivity contribution in [3.8, 4) is 0 Å². The predicted octanol–water partition coefficient (Wildman–Crippen LogP) is 6.35. The zero-order valence-electron chi connectivity index (χ0n) is 16.4. The van der Waals surface area contributed by atoms with E-state index >= 15 is 0 Å². The van der Waals surface area contributed by atoms with Gasteiger partial charge in [-0.05, 0) is 0 Å². The predicted molar refractivity (Wildman–Crippen MR) is 94.7 cm³/mol. The molecule has 0 saturated carbocycles. The number of hydrogen-bond acceptors (Lipinski definition) is 2. The minimum atomic E-state index is -6.43. The van der Waals surface area contributed by atoms with Crippen molar-refractivity contribution in [3.05, 3.63) is 59.7 Å². The molecule has 0 aliphatic carbocycles. The van der Waals surface area contributed by atoms with Crippen LogP contribution in [0.5, 0.6) is 0 Å². The van der Waals surface area contributed by atoms with Crippen LogP contribution in [0.1, 0.15) is 11.1 Å². The van der Waals surface area contributed by atoms with E-state index in [0.29, 0.717) is 30.9 Å². The average Bonchev–Trinajstić information content (AvgIpc) is 3.08. The van der Waals surface area contributed by atoms with E-state index < -0.39 is 64.7 Å². The van der Waals surface area contributed by atoms with Gasteiger partial charge in [-0.2, -0.15) is 0 Å². The molecule has 2 aliphatic rings. The average molecular weight is 530 g/mol. The molecule has 4 rings (SSSR count). The second kappa shape index (κ2) is 6.38. The van der Waals surface area contributed by atoms with Crippen LogP contribution in [-0.2, 0) is 20.2 Å². The molecule has 2 nitrogen and oxygen atoms in total. The van der Waals surface area contributed by atoms with Gasteiger partial charge >= 0.3 is 182 Å². The van der Waals surface area contributed by atoms with E-state index in [0.717, 1.165) is 24.3 Å². The maximum atomic E-state index is 14.1. The van der Waals surface area contributed by atoms with Gasteiger partial charge in [0.2, 0.25) is 0 Å². The van der Waals surface area contributed by atoms with Crippen LogP contribution in [0.25, 0.3) is 0 Å². The van der Waals surface area contributed by atoms with Gasteiger partial charge < -0.3 is 0 Å². The second-order valence-electron chi connectivity index (χ2n) is 7.93. The van der Waals surface area contributed by atoms with Gasteiger partial charge in [-0.3, -0.25) is 0 Å². The third-order valence-electron chi connectivity index (χ3n) is 5.99. The van der Waals surface area contributed by atoms with Crippen molar-refractivity contribution in [1.29, 1.82) is 0 Å². The summed E-state index contributed by atoms with van der Waals surface area (Å²) in [5.74, 6) is 0. The first-order valence-electron chi connectivity index (χ1n) is 9.09. The fourth-order valence-corrected chi connectivity index (χ4v) is 9.75. The monoisotopic (exact) mass is 530 g/mol. The Hall–Kier alpha value is -2.05. The SMILES string of the molecule is CP12(OC(C(F)(F)F)(C(F)(F)F)c3ccccc31)OC(C(F)(F)F)(C(F)(F)F)c1ccccc12. The molecule has 0 unspecified atom stereocenters. The summed E-state index contributed by atoms with van der Waals surface area (Å²) in [7, 11) is -6.43. The topological polar surface area (TPSA) is 18.5 Å². The van der Waals surface area contributed by atoms with Crippen LogP contribution >= 0.6 is 7.06 Å². The molecule has 0 aromatic heterocycles. The molecule has 34 heavy (non-hydrogen) atoms. The molecule has 0 radical (unpaired) electrons. The Labute approximate surface area is 182 Å². The van der Waals surface area contributed by atoms with Crippen LogP contribution < -0.4 is 10.6 Å².